The predicted octanol–water partition coefficient (Wildman–Crippen LogP) is 3.07. The van der Waals surface area contributed by atoms with Gasteiger partial charge in [0.2, 0.25) is 0 Å². The molecule has 0 radical (unpaired) electrons. The largest absolute Gasteiger partial charge is 0.338 e. The maximum absolute atomic E-state index is 12.8. The number of nitrogens with zero attached hydrogens (tertiary/aromatic N) is 1. The van der Waals surface area contributed by atoms with Gasteiger partial charge in [0.15, 0.2) is 0 Å². The van der Waals surface area contributed by atoms with Gasteiger partial charge in [-0.1, -0.05) is 28.1 Å². The van der Waals surface area contributed by atoms with Gasteiger partial charge >= 0.3 is 6.03 Å². The number of imide groups is 1. The van der Waals surface area contributed by atoms with E-state index in [2.05, 4.69) is 26.6 Å². The summed E-state index contributed by atoms with van der Waals surface area (Å²) in [6.45, 7) is 0.813. The van der Waals surface area contributed by atoms with Crippen molar-refractivity contribution >= 4 is 33.8 Å². The number of nitrogens with one attached hydrogen (secondary N) is 2. The molecule has 6 nitrogen and oxygen atoms in total. The van der Waals surface area contributed by atoms with Crippen molar-refractivity contribution in [2.24, 2.45) is 0 Å². The summed E-state index contributed by atoms with van der Waals surface area (Å²) in [6.07, 6.45) is 0.441. The van der Waals surface area contributed by atoms with Gasteiger partial charge in [-0.25, -0.2) is 9.18 Å². The average molecular weight is 434 g/mol. The second kappa shape index (κ2) is 8.30. The van der Waals surface area contributed by atoms with Crippen molar-refractivity contribution in [3.05, 3.63) is 69.4 Å². The molecule has 2 N–H and O–H groups in total. The molecule has 140 valence electrons. The third-order valence-electron chi connectivity index (χ3n) is 4.14. The van der Waals surface area contributed by atoms with Gasteiger partial charge in [0.05, 0.1) is 11.1 Å². The van der Waals surface area contributed by atoms with Crippen molar-refractivity contribution in [2.45, 2.75) is 13.0 Å². The molecule has 27 heavy (non-hydrogen) atoms. The molecule has 0 aliphatic carbocycles. The van der Waals surface area contributed by atoms with Gasteiger partial charge in [-0.3, -0.25) is 14.5 Å². The lowest BCUT2D eigenvalue weighted by Gasteiger charge is -2.14. The van der Waals surface area contributed by atoms with Crippen LogP contribution in [0.1, 0.15) is 32.7 Å². The van der Waals surface area contributed by atoms with Gasteiger partial charge in [-0.15, -0.1) is 0 Å². The Hall–Kier alpha value is -2.74. The van der Waals surface area contributed by atoms with Gasteiger partial charge in [0.25, 0.3) is 11.8 Å². The number of fused-ring (bicyclic) bond motifs is 1. The molecule has 8 heteroatoms. The Morgan fingerprint density at radius 1 is 1.00 bits per heavy atom. The number of hydrogen-bond donors (Lipinski definition) is 2. The van der Waals surface area contributed by atoms with E-state index < -0.39 is 0 Å². The number of rotatable bonds is 6. The Labute approximate surface area is 163 Å². The summed E-state index contributed by atoms with van der Waals surface area (Å²) in [4.78, 5) is 37.6. The van der Waals surface area contributed by atoms with Crippen LogP contribution in [0.2, 0.25) is 0 Å². The maximum atomic E-state index is 12.8. The third-order valence-corrected chi connectivity index (χ3v) is 4.64. The summed E-state index contributed by atoms with van der Waals surface area (Å²) in [5.74, 6) is -0.968. The summed E-state index contributed by atoms with van der Waals surface area (Å²) in [7, 11) is 0. The molecule has 0 aromatic heterocycles. The molecule has 0 saturated carbocycles. The number of carbonyl (C=O) groups is 3. The van der Waals surface area contributed by atoms with Gasteiger partial charge in [0, 0.05) is 24.1 Å². The molecule has 3 rings (SSSR count). The fraction of sp³-hybridized carbons (Fsp3) is 0.211. The molecule has 0 spiro atoms. The highest BCUT2D eigenvalue weighted by molar-refractivity contribution is 9.10. The standard InChI is InChI=1S/C19H17BrFN3O3/c20-13-4-7-15-16(10-13)18(26)24(17(15)25)9-1-8-22-19(27)23-11-12-2-5-14(21)6-3-12/h2-7,10H,1,8-9,11H2,(H2,22,23,27). The van der Waals surface area contributed by atoms with Crippen LogP contribution >= 0.6 is 15.9 Å². The molecule has 2 aromatic rings. The third kappa shape index (κ3) is 4.51. The monoisotopic (exact) mass is 433 g/mol. The maximum Gasteiger partial charge on any atom is 0.315 e. The van der Waals surface area contributed by atoms with Gasteiger partial charge in [-0.2, -0.15) is 0 Å². The van der Waals surface area contributed by atoms with Crippen molar-refractivity contribution in [3.8, 4) is 0 Å². The van der Waals surface area contributed by atoms with Crippen LogP contribution in [0.3, 0.4) is 0 Å². The van der Waals surface area contributed by atoms with E-state index in [1.54, 1.807) is 30.3 Å². The van der Waals surface area contributed by atoms with Crippen LogP contribution < -0.4 is 10.6 Å². The number of benzene rings is 2. The molecular weight excluding hydrogens is 417 g/mol. The summed E-state index contributed by atoms with van der Waals surface area (Å²) in [5.41, 5.74) is 1.57. The highest BCUT2D eigenvalue weighted by Crippen LogP contribution is 2.25. The minimum absolute atomic E-state index is 0.224. The van der Waals surface area contributed by atoms with Crippen LogP contribution in [0, 0.1) is 5.82 Å². The topological polar surface area (TPSA) is 78.5 Å². The first kappa shape index (κ1) is 19.0. The Morgan fingerprint density at radius 3 is 2.44 bits per heavy atom. The number of halogens is 2. The molecule has 2 aromatic carbocycles. The smallest absolute Gasteiger partial charge is 0.315 e. The van der Waals surface area contributed by atoms with Gasteiger partial charge < -0.3 is 10.6 Å². The van der Waals surface area contributed by atoms with E-state index >= 15 is 0 Å². The minimum Gasteiger partial charge on any atom is -0.338 e. The van der Waals surface area contributed by atoms with Crippen molar-refractivity contribution in [1.29, 1.82) is 0 Å². The lowest BCUT2D eigenvalue weighted by atomic mass is 10.1. The summed E-state index contributed by atoms with van der Waals surface area (Å²) in [6, 6.07) is 10.5. The van der Waals surface area contributed by atoms with Crippen LogP contribution in [0.4, 0.5) is 9.18 Å². The molecule has 1 aliphatic heterocycles. The fourth-order valence-electron chi connectivity index (χ4n) is 2.75. The molecule has 1 aliphatic rings. The average Bonchev–Trinajstić information content (AvgIpc) is 2.88. The summed E-state index contributed by atoms with van der Waals surface area (Å²) < 4.78 is 13.6. The van der Waals surface area contributed by atoms with Gasteiger partial charge in [-0.05, 0) is 42.3 Å². The Bertz CT molecular complexity index is 886. The molecule has 4 amide bonds. The zero-order valence-electron chi connectivity index (χ0n) is 14.3. The number of carbonyl (C=O) groups excluding carboxylic acids is 3. The van der Waals surface area contributed by atoms with Crippen molar-refractivity contribution < 1.29 is 18.8 Å². The zero-order valence-corrected chi connectivity index (χ0v) is 15.9. The van der Waals surface area contributed by atoms with E-state index in [9.17, 15) is 18.8 Å². The Morgan fingerprint density at radius 2 is 1.70 bits per heavy atom. The Balaban J connectivity index is 1.41. The normalized spacial score (nSPS) is 12.9. The predicted molar refractivity (Wildman–Crippen MR) is 101 cm³/mol. The Kier molecular flexibility index (Phi) is 5.85. The second-order valence-corrected chi connectivity index (χ2v) is 6.96. The molecule has 0 bridgehead atoms. The lowest BCUT2D eigenvalue weighted by molar-refractivity contribution is 0.0653. The van der Waals surface area contributed by atoms with Gasteiger partial charge in [0.1, 0.15) is 5.82 Å². The van der Waals surface area contributed by atoms with Crippen molar-refractivity contribution in [1.82, 2.24) is 15.5 Å². The number of hydrogen-bond acceptors (Lipinski definition) is 3. The van der Waals surface area contributed by atoms with Crippen molar-refractivity contribution in [3.63, 3.8) is 0 Å². The van der Waals surface area contributed by atoms with Crippen LogP contribution in [0.5, 0.6) is 0 Å². The molecule has 0 unspecified atom stereocenters. The van der Waals surface area contributed by atoms with Crippen LogP contribution in [0.15, 0.2) is 46.9 Å². The van der Waals surface area contributed by atoms with Crippen LogP contribution in [-0.4, -0.2) is 35.8 Å². The van der Waals surface area contributed by atoms with Crippen LogP contribution in [0.25, 0.3) is 0 Å². The quantitative estimate of drug-likeness (QED) is 0.542. The SMILES string of the molecule is O=C(NCCCN1C(=O)c2ccc(Br)cc2C1=O)NCc1ccc(F)cc1. The van der Waals surface area contributed by atoms with E-state index in [1.165, 1.54) is 17.0 Å². The highest BCUT2D eigenvalue weighted by atomic mass is 79.9. The number of amides is 4. The summed E-state index contributed by atoms with van der Waals surface area (Å²) >= 11 is 3.29. The first-order valence-electron chi connectivity index (χ1n) is 8.37. The first-order valence-corrected chi connectivity index (χ1v) is 9.17. The molecule has 0 saturated heterocycles. The minimum atomic E-state index is -0.370. The molecular formula is C19H17BrFN3O3. The zero-order chi connectivity index (χ0) is 19.4. The number of urea groups is 1. The first-order chi connectivity index (χ1) is 13.0. The summed E-state index contributed by atoms with van der Waals surface area (Å²) in [5, 5.41) is 5.33. The molecule has 0 fully saturated rings. The van der Waals surface area contributed by atoms with E-state index in [4.69, 9.17) is 0 Å². The van der Waals surface area contributed by atoms with E-state index in [0.717, 1.165) is 10.0 Å². The second-order valence-electron chi connectivity index (χ2n) is 6.04. The highest BCUT2D eigenvalue weighted by Gasteiger charge is 2.34. The van der Waals surface area contributed by atoms with Crippen molar-refractivity contribution in [2.75, 3.05) is 13.1 Å². The van der Waals surface area contributed by atoms with E-state index in [0.29, 0.717) is 24.1 Å². The van der Waals surface area contributed by atoms with Crippen LogP contribution in [-0.2, 0) is 6.54 Å². The molecule has 0 atom stereocenters. The fourth-order valence-corrected chi connectivity index (χ4v) is 3.11. The van der Waals surface area contributed by atoms with E-state index in [-0.39, 0.29) is 36.8 Å². The lowest BCUT2D eigenvalue weighted by Crippen LogP contribution is -2.37. The molecule has 1 heterocycles. The van der Waals surface area contributed by atoms with E-state index in [1.807, 2.05) is 0 Å².